The van der Waals surface area contributed by atoms with E-state index in [0.717, 1.165) is 25.7 Å². The SMILES string of the molecule is CC12CCC(OC(=O)C(=O)O)CC1=CCC1C2CCC2(C)C(c3cccnc3)=CCC12. The Kier molecular flexibility index (Phi) is 4.83. The Balaban J connectivity index is 1.37. The molecule has 6 atom stereocenters. The van der Waals surface area contributed by atoms with E-state index in [2.05, 4.69) is 37.0 Å². The van der Waals surface area contributed by atoms with Gasteiger partial charge in [-0.25, -0.2) is 9.59 Å². The van der Waals surface area contributed by atoms with Crippen molar-refractivity contribution in [3.8, 4) is 0 Å². The molecule has 6 unspecified atom stereocenters. The number of carbonyl (C=O) groups excluding carboxylic acids is 1. The average molecular weight is 422 g/mol. The molecule has 2 saturated carbocycles. The fourth-order valence-electron chi connectivity index (χ4n) is 7.47. The maximum atomic E-state index is 11.5. The smallest absolute Gasteiger partial charge is 0.417 e. The van der Waals surface area contributed by atoms with E-state index in [1.807, 2.05) is 18.5 Å². The van der Waals surface area contributed by atoms with Crippen molar-refractivity contribution < 1.29 is 19.4 Å². The minimum atomic E-state index is -1.50. The third-order valence-electron chi connectivity index (χ3n) is 9.06. The van der Waals surface area contributed by atoms with Crippen molar-refractivity contribution in [1.29, 1.82) is 0 Å². The van der Waals surface area contributed by atoms with Crippen LogP contribution in [0.25, 0.3) is 5.57 Å². The van der Waals surface area contributed by atoms with Crippen molar-refractivity contribution in [1.82, 2.24) is 4.98 Å². The third kappa shape index (κ3) is 3.16. The van der Waals surface area contributed by atoms with E-state index in [4.69, 9.17) is 9.84 Å². The predicted molar refractivity (Wildman–Crippen MR) is 117 cm³/mol. The van der Waals surface area contributed by atoms with Crippen molar-refractivity contribution in [2.45, 2.75) is 64.9 Å². The number of nitrogens with zero attached hydrogens (tertiary/aromatic N) is 1. The van der Waals surface area contributed by atoms with Gasteiger partial charge in [-0.1, -0.05) is 37.6 Å². The number of pyridine rings is 1. The van der Waals surface area contributed by atoms with E-state index in [-0.39, 0.29) is 16.9 Å². The highest BCUT2D eigenvalue weighted by atomic mass is 16.6. The van der Waals surface area contributed by atoms with E-state index < -0.39 is 11.9 Å². The monoisotopic (exact) mass is 421 g/mol. The third-order valence-corrected chi connectivity index (χ3v) is 9.06. The largest absolute Gasteiger partial charge is 0.473 e. The average Bonchev–Trinajstić information content (AvgIpc) is 3.11. The van der Waals surface area contributed by atoms with Crippen LogP contribution in [0.15, 0.2) is 42.3 Å². The molecule has 5 heteroatoms. The second-order valence-corrected chi connectivity index (χ2v) is 10.4. The van der Waals surface area contributed by atoms with Crippen molar-refractivity contribution >= 4 is 17.5 Å². The lowest BCUT2D eigenvalue weighted by Crippen LogP contribution is -2.50. The zero-order chi connectivity index (χ0) is 21.8. The number of ether oxygens (including phenoxy) is 1. The van der Waals surface area contributed by atoms with Gasteiger partial charge in [0.15, 0.2) is 0 Å². The van der Waals surface area contributed by atoms with E-state index in [9.17, 15) is 9.59 Å². The first-order chi connectivity index (χ1) is 14.8. The molecule has 0 amide bonds. The molecule has 4 aliphatic rings. The first kappa shape index (κ1) is 20.5. The number of fused-ring (bicyclic) bond motifs is 5. The van der Waals surface area contributed by atoms with Crippen LogP contribution in [0.1, 0.15) is 64.4 Å². The Labute approximate surface area is 183 Å². The number of aromatic nitrogens is 1. The molecule has 5 nitrogen and oxygen atoms in total. The summed E-state index contributed by atoms with van der Waals surface area (Å²) in [5.41, 5.74) is 4.47. The quantitative estimate of drug-likeness (QED) is 0.412. The fraction of sp³-hybridized carbons (Fsp3) is 0.577. The summed E-state index contributed by atoms with van der Waals surface area (Å²) in [6, 6.07) is 4.23. The van der Waals surface area contributed by atoms with Crippen LogP contribution in [-0.4, -0.2) is 28.1 Å². The molecule has 0 saturated heterocycles. The molecule has 1 aromatic rings. The molecular weight excluding hydrogens is 390 g/mol. The summed E-state index contributed by atoms with van der Waals surface area (Å²) in [6.45, 7) is 4.86. The summed E-state index contributed by atoms with van der Waals surface area (Å²) < 4.78 is 5.24. The van der Waals surface area contributed by atoms with Gasteiger partial charge in [0, 0.05) is 18.8 Å². The Morgan fingerprint density at radius 2 is 1.90 bits per heavy atom. The molecule has 4 aliphatic carbocycles. The van der Waals surface area contributed by atoms with Gasteiger partial charge in [0.2, 0.25) is 0 Å². The first-order valence-electron chi connectivity index (χ1n) is 11.6. The molecule has 164 valence electrons. The summed E-state index contributed by atoms with van der Waals surface area (Å²) in [4.78, 5) is 26.8. The van der Waals surface area contributed by atoms with Gasteiger partial charge in [0.25, 0.3) is 0 Å². The minimum absolute atomic E-state index is 0.132. The van der Waals surface area contributed by atoms with Crippen molar-refractivity contribution in [2.24, 2.45) is 28.6 Å². The first-order valence-corrected chi connectivity index (χ1v) is 11.6. The predicted octanol–water partition coefficient (Wildman–Crippen LogP) is 5.03. The molecule has 1 aromatic heterocycles. The topological polar surface area (TPSA) is 76.5 Å². The van der Waals surface area contributed by atoms with E-state index in [1.165, 1.54) is 29.6 Å². The zero-order valence-corrected chi connectivity index (χ0v) is 18.3. The zero-order valence-electron chi connectivity index (χ0n) is 18.3. The maximum Gasteiger partial charge on any atom is 0.417 e. The van der Waals surface area contributed by atoms with Gasteiger partial charge in [-0.05, 0) is 84.3 Å². The molecule has 0 spiro atoms. The molecule has 5 rings (SSSR count). The number of esters is 1. The Bertz CT molecular complexity index is 967. The summed E-state index contributed by atoms with van der Waals surface area (Å²) >= 11 is 0. The van der Waals surface area contributed by atoms with Crippen molar-refractivity contribution in [3.63, 3.8) is 0 Å². The van der Waals surface area contributed by atoms with Crippen LogP contribution in [0.3, 0.4) is 0 Å². The lowest BCUT2D eigenvalue weighted by atomic mass is 9.47. The molecule has 0 aromatic carbocycles. The Morgan fingerprint density at radius 1 is 1.10 bits per heavy atom. The van der Waals surface area contributed by atoms with Crippen LogP contribution >= 0.6 is 0 Å². The number of hydrogen-bond donors (Lipinski definition) is 1. The minimum Gasteiger partial charge on any atom is -0.473 e. The van der Waals surface area contributed by atoms with E-state index in [1.54, 1.807) is 0 Å². The van der Waals surface area contributed by atoms with E-state index in [0.29, 0.717) is 24.2 Å². The highest BCUT2D eigenvalue weighted by Crippen LogP contribution is 2.66. The number of rotatable bonds is 2. The highest BCUT2D eigenvalue weighted by molar-refractivity contribution is 6.28. The Hall–Kier alpha value is -2.43. The lowest BCUT2D eigenvalue weighted by molar-refractivity contribution is -0.168. The van der Waals surface area contributed by atoms with Crippen molar-refractivity contribution in [2.75, 3.05) is 0 Å². The summed E-state index contributed by atoms with van der Waals surface area (Å²) in [5.74, 6) is -0.676. The number of allylic oxidation sites excluding steroid dienone is 3. The van der Waals surface area contributed by atoms with Crippen molar-refractivity contribution in [3.05, 3.63) is 47.8 Å². The van der Waals surface area contributed by atoms with Gasteiger partial charge < -0.3 is 9.84 Å². The number of hydrogen-bond acceptors (Lipinski definition) is 4. The van der Waals surface area contributed by atoms with Gasteiger partial charge >= 0.3 is 11.9 Å². The number of aliphatic carboxylic acids is 1. The summed E-state index contributed by atoms with van der Waals surface area (Å²) in [7, 11) is 0. The maximum absolute atomic E-state index is 11.5. The molecule has 31 heavy (non-hydrogen) atoms. The molecule has 0 aliphatic heterocycles. The molecule has 0 radical (unpaired) electrons. The summed E-state index contributed by atoms with van der Waals surface area (Å²) in [6.07, 6.45) is 15.4. The molecule has 1 heterocycles. The van der Waals surface area contributed by atoms with Crippen LogP contribution in [0.4, 0.5) is 0 Å². The Morgan fingerprint density at radius 3 is 2.65 bits per heavy atom. The van der Waals surface area contributed by atoms with Crippen LogP contribution in [0.2, 0.25) is 0 Å². The van der Waals surface area contributed by atoms with Gasteiger partial charge in [0.05, 0.1) is 0 Å². The lowest BCUT2D eigenvalue weighted by Gasteiger charge is -2.57. The molecule has 0 bridgehead atoms. The summed E-state index contributed by atoms with van der Waals surface area (Å²) in [5, 5.41) is 8.87. The number of carbonyl (C=O) groups is 2. The molecule has 1 N–H and O–H groups in total. The second-order valence-electron chi connectivity index (χ2n) is 10.4. The molecular formula is C26H31NO4. The van der Waals surface area contributed by atoms with E-state index >= 15 is 0 Å². The standard InChI is InChI=1S/C26H31NO4/c1-25-11-9-18(31-24(30)23(28)29)14-17(25)5-6-19-21-8-7-20(16-4-3-13-27-15-16)26(21,2)12-10-22(19)25/h3-5,7,13,15,18-19,21-22H,6,8-12,14H2,1-2H3,(H,28,29). The van der Waals surface area contributed by atoms with Gasteiger partial charge in [0.1, 0.15) is 6.10 Å². The van der Waals surface area contributed by atoms with Crippen LogP contribution in [0, 0.1) is 28.6 Å². The normalized spacial score (nSPS) is 38.8. The van der Waals surface area contributed by atoms with Crippen LogP contribution in [-0.2, 0) is 14.3 Å². The number of carboxylic acids is 1. The highest BCUT2D eigenvalue weighted by Gasteiger charge is 2.57. The number of carboxylic acid groups (broad SMARTS) is 1. The van der Waals surface area contributed by atoms with Crippen LogP contribution in [0.5, 0.6) is 0 Å². The van der Waals surface area contributed by atoms with Gasteiger partial charge in [-0.3, -0.25) is 4.98 Å². The second kappa shape index (κ2) is 7.32. The van der Waals surface area contributed by atoms with Gasteiger partial charge in [-0.15, -0.1) is 0 Å². The van der Waals surface area contributed by atoms with Gasteiger partial charge in [-0.2, -0.15) is 0 Å². The fourth-order valence-corrected chi connectivity index (χ4v) is 7.47. The van der Waals surface area contributed by atoms with Crippen LogP contribution < -0.4 is 0 Å². The molecule has 2 fully saturated rings.